The smallest absolute Gasteiger partial charge is 0.131 e. The summed E-state index contributed by atoms with van der Waals surface area (Å²) in [6.45, 7) is 5.03. The summed E-state index contributed by atoms with van der Waals surface area (Å²) in [5, 5.41) is 3.96. The van der Waals surface area contributed by atoms with Gasteiger partial charge in [0.2, 0.25) is 0 Å². The number of ether oxygens (including phenoxy) is 1. The van der Waals surface area contributed by atoms with E-state index in [2.05, 4.69) is 18.5 Å². The number of methoxy groups -OCH3 is 1. The van der Waals surface area contributed by atoms with Crippen LogP contribution in [0.1, 0.15) is 31.9 Å². The molecule has 4 heteroatoms. The molecule has 1 N–H and O–H groups in total. The molecule has 0 saturated heterocycles. The third-order valence-corrected chi connectivity index (χ3v) is 4.11. The largest absolute Gasteiger partial charge is 0.496 e. The van der Waals surface area contributed by atoms with Crippen LogP contribution < -0.4 is 10.1 Å². The summed E-state index contributed by atoms with van der Waals surface area (Å²) in [5.74, 6) is 0.389. The lowest BCUT2D eigenvalue weighted by molar-refractivity contribution is 0.393. The third kappa shape index (κ3) is 4.18. The average Bonchev–Trinajstić information content (AvgIpc) is 2.37. The van der Waals surface area contributed by atoms with E-state index in [-0.39, 0.29) is 11.9 Å². The molecule has 102 valence electrons. The van der Waals surface area contributed by atoms with Crippen molar-refractivity contribution in [2.45, 2.75) is 31.6 Å². The van der Waals surface area contributed by atoms with Gasteiger partial charge in [0.15, 0.2) is 0 Å². The number of hydrogen-bond donors (Lipinski definition) is 1. The molecular formula is C14H22FNOS. The van der Waals surface area contributed by atoms with Gasteiger partial charge >= 0.3 is 0 Å². The summed E-state index contributed by atoms with van der Waals surface area (Å²) in [5.41, 5.74) is 0.608. The van der Waals surface area contributed by atoms with Crippen molar-refractivity contribution >= 4 is 11.8 Å². The summed E-state index contributed by atoms with van der Waals surface area (Å²) in [4.78, 5) is 0. The van der Waals surface area contributed by atoms with Gasteiger partial charge in [0.1, 0.15) is 11.6 Å². The highest BCUT2D eigenvalue weighted by Crippen LogP contribution is 2.27. The molecule has 0 aliphatic carbocycles. The van der Waals surface area contributed by atoms with E-state index in [1.165, 1.54) is 6.07 Å². The van der Waals surface area contributed by atoms with Gasteiger partial charge in [0.05, 0.1) is 7.11 Å². The van der Waals surface area contributed by atoms with E-state index >= 15 is 0 Å². The second kappa shape index (κ2) is 7.64. The van der Waals surface area contributed by atoms with Crippen LogP contribution in [0.2, 0.25) is 0 Å². The predicted octanol–water partition coefficient (Wildman–Crippen LogP) is 3.63. The van der Waals surface area contributed by atoms with Gasteiger partial charge in [0, 0.05) is 16.9 Å². The highest BCUT2D eigenvalue weighted by atomic mass is 32.2. The Morgan fingerprint density at radius 3 is 2.72 bits per heavy atom. The Kier molecular flexibility index (Phi) is 6.50. The van der Waals surface area contributed by atoms with E-state index in [9.17, 15) is 4.39 Å². The number of benzene rings is 1. The van der Waals surface area contributed by atoms with Gasteiger partial charge < -0.3 is 10.1 Å². The Balaban J connectivity index is 2.63. The lowest BCUT2D eigenvalue weighted by atomic mass is 10.1. The van der Waals surface area contributed by atoms with Gasteiger partial charge in [-0.1, -0.05) is 13.0 Å². The maximum Gasteiger partial charge on any atom is 0.131 e. The van der Waals surface area contributed by atoms with Crippen LogP contribution in [0.4, 0.5) is 4.39 Å². The Bertz CT molecular complexity index is 373. The minimum Gasteiger partial charge on any atom is -0.496 e. The molecule has 0 heterocycles. The zero-order valence-corrected chi connectivity index (χ0v) is 12.3. The average molecular weight is 271 g/mol. The number of rotatable bonds is 7. The molecule has 0 radical (unpaired) electrons. The van der Waals surface area contributed by atoms with Gasteiger partial charge in [-0.25, -0.2) is 4.39 Å². The minimum atomic E-state index is -0.215. The molecule has 1 aromatic rings. The van der Waals surface area contributed by atoms with Crippen LogP contribution in [0.3, 0.4) is 0 Å². The van der Waals surface area contributed by atoms with E-state index in [0.29, 0.717) is 16.6 Å². The van der Waals surface area contributed by atoms with Crippen molar-refractivity contribution < 1.29 is 9.13 Å². The topological polar surface area (TPSA) is 21.3 Å². The molecule has 0 saturated carbocycles. The monoisotopic (exact) mass is 271 g/mol. The number of hydrogen-bond acceptors (Lipinski definition) is 3. The Hall–Kier alpha value is -0.740. The molecule has 0 aromatic heterocycles. The van der Waals surface area contributed by atoms with Crippen LogP contribution in [0, 0.1) is 5.82 Å². The van der Waals surface area contributed by atoms with E-state index in [1.807, 2.05) is 18.7 Å². The molecule has 0 aliphatic heterocycles. The molecule has 0 fully saturated rings. The fourth-order valence-electron chi connectivity index (χ4n) is 1.84. The van der Waals surface area contributed by atoms with Crippen molar-refractivity contribution in [3.05, 3.63) is 29.6 Å². The number of thioether (sulfide) groups is 1. The summed E-state index contributed by atoms with van der Waals surface area (Å²) in [7, 11) is 1.57. The molecule has 0 spiro atoms. The molecule has 0 aliphatic rings. The molecule has 2 nitrogen and oxygen atoms in total. The van der Waals surface area contributed by atoms with Crippen LogP contribution in [-0.2, 0) is 0 Å². The van der Waals surface area contributed by atoms with Crippen molar-refractivity contribution in [1.82, 2.24) is 5.32 Å². The van der Waals surface area contributed by atoms with Crippen LogP contribution in [0.25, 0.3) is 0 Å². The number of nitrogens with one attached hydrogen (secondary N) is 1. The van der Waals surface area contributed by atoms with Crippen LogP contribution in [-0.4, -0.2) is 25.2 Å². The maximum atomic E-state index is 13.8. The summed E-state index contributed by atoms with van der Waals surface area (Å²) >= 11 is 1.84. The predicted molar refractivity (Wildman–Crippen MR) is 77.0 cm³/mol. The quantitative estimate of drug-likeness (QED) is 0.818. The molecule has 1 aromatic carbocycles. The lowest BCUT2D eigenvalue weighted by Gasteiger charge is -2.18. The Labute approximate surface area is 113 Å². The van der Waals surface area contributed by atoms with Crippen molar-refractivity contribution in [1.29, 1.82) is 0 Å². The van der Waals surface area contributed by atoms with Crippen LogP contribution in [0.5, 0.6) is 5.75 Å². The zero-order chi connectivity index (χ0) is 13.5. The second-order valence-electron chi connectivity index (χ2n) is 4.37. The highest BCUT2D eigenvalue weighted by molar-refractivity contribution is 7.99. The summed E-state index contributed by atoms with van der Waals surface area (Å²) in [6, 6.07) is 4.89. The van der Waals surface area contributed by atoms with Crippen LogP contribution >= 0.6 is 11.8 Å². The highest BCUT2D eigenvalue weighted by Gasteiger charge is 2.15. The second-order valence-corrected chi connectivity index (χ2v) is 5.64. The van der Waals surface area contributed by atoms with Gasteiger partial charge in [-0.3, -0.25) is 0 Å². The van der Waals surface area contributed by atoms with Gasteiger partial charge in [0.25, 0.3) is 0 Å². The molecule has 18 heavy (non-hydrogen) atoms. The fraction of sp³-hybridized carbons (Fsp3) is 0.571. The Morgan fingerprint density at radius 2 is 2.11 bits per heavy atom. The molecular weight excluding hydrogens is 249 g/mol. The summed E-state index contributed by atoms with van der Waals surface area (Å²) < 4.78 is 19.0. The Morgan fingerprint density at radius 1 is 1.39 bits per heavy atom. The maximum absolute atomic E-state index is 13.8. The van der Waals surface area contributed by atoms with Gasteiger partial charge in [-0.05, 0) is 38.3 Å². The first-order valence-corrected chi connectivity index (χ1v) is 7.47. The minimum absolute atomic E-state index is 0.0461. The summed E-state index contributed by atoms with van der Waals surface area (Å²) in [6.07, 6.45) is 3.18. The van der Waals surface area contributed by atoms with Gasteiger partial charge in [-0.2, -0.15) is 11.8 Å². The van der Waals surface area contributed by atoms with Crippen molar-refractivity contribution in [3.8, 4) is 5.75 Å². The van der Waals surface area contributed by atoms with Crippen molar-refractivity contribution in [2.24, 2.45) is 0 Å². The molecule has 2 unspecified atom stereocenters. The zero-order valence-electron chi connectivity index (χ0n) is 11.5. The molecule has 1 rings (SSSR count). The van der Waals surface area contributed by atoms with Crippen LogP contribution in [0.15, 0.2) is 18.2 Å². The van der Waals surface area contributed by atoms with E-state index in [0.717, 1.165) is 13.0 Å². The third-order valence-electron chi connectivity index (χ3n) is 3.07. The SMILES string of the molecule is COc1cccc(F)c1C(C)NCCC(C)SC. The standard InChI is InChI=1S/C14H22FNOS/c1-10(18-4)8-9-16-11(2)14-12(15)6-5-7-13(14)17-3/h5-7,10-11,16H,8-9H2,1-4H3. The first kappa shape index (κ1) is 15.3. The number of halogens is 1. The van der Waals surface area contributed by atoms with Gasteiger partial charge in [-0.15, -0.1) is 0 Å². The molecule has 0 amide bonds. The first-order valence-electron chi connectivity index (χ1n) is 6.18. The van der Waals surface area contributed by atoms with E-state index < -0.39 is 0 Å². The lowest BCUT2D eigenvalue weighted by Crippen LogP contribution is -2.23. The van der Waals surface area contributed by atoms with Crippen molar-refractivity contribution in [3.63, 3.8) is 0 Å². The van der Waals surface area contributed by atoms with E-state index in [4.69, 9.17) is 4.74 Å². The molecule has 2 atom stereocenters. The van der Waals surface area contributed by atoms with E-state index in [1.54, 1.807) is 19.2 Å². The van der Waals surface area contributed by atoms with Crippen molar-refractivity contribution in [2.75, 3.05) is 19.9 Å². The normalized spacial score (nSPS) is 14.3. The first-order chi connectivity index (χ1) is 8.60. The molecule has 0 bridgehead atoms. The fourth-order valence-corrected chi connectivity index (χ4v) is 2.19.